The van der Waals surface area contributed by atoms with Crippen molar-refractivity contribution in [3.8, 4) is 5.75 Å². The summed E-state index contributed by atoms with van der Waals surface area (Å²) < 4.78 is 10.8. The molecule has 1 N–H and O–H groups in total. The van der Waals surface area contributed by atoms with E-state index in [9.17, 15) is 14.7 Å². The largest absolute Gasteiger partial charge is 0.507 e. The van der Waals surface area contributed by atoms with Crippen LogP contribution in [0.3, 0.4) is 0 Å². The molecule has 1 fully saturated rings. The molecule has 0 radical (unpaired) electrons. The summed E-state index contributed by atoms with van der Waals surface area (Å²) in [5, 5.41) is 15.0. The number of ketones is 1. The summed E-state index contributed by atoms with van der Waals surface area (Å²) >= 11 is 0. The lowest BCUT2D eigenvalue weighted by Gasteiger charge is -2.22. The van der Waals surface area contributed by atoms with E-state index in [2.05, 4.69) is 5.16 Å². The molecule has 0 saturated carbocycles. The number of carbonyl (C=O) groups excluding carboxylic acids is 2. The summed E-state index contributed by atoms with van der Waals surface area (Å²) in [6, 6.07) is 16.5. The Balaban J connectivity index is 1.84. The average molecular weight is 418 g/mol. The lowest BCUT2D eigenvalue weighted by molar-refractivity contribution is -0.132. The van der Waals surface area contributed by atoms with Crippen LogP contribution in [0.5, 0.6) is 5.75 Å². The summed E-state index contributed by atoms with van der Waals surface area (Å²) in [6.07, 6.45) is 0.00812. The molecular formula is C24H22N2O5. The van der Waals surface area contributed by atoms with Crippen LogP contribution < -0.4 is 9.64 Å². The summed E-state index contributed by atoms with van der Waals surface area (Å²) in [7, 11) is 0. The second-order valence-corrected chi connectivity index (χ2v) is 7.57. The highest BCUT2D eigenvalue weighted by atomic mass is 16.5. The minimum Gasteiger partial charge on any atom is -0.507 e. The van der Waals surface area contributed by atoms with Crippen LogP contribution in [-0.2, 0) is 9.59 Å². The third-order valence-electron chi connectivity index (χ3n) is 4.92. The predicted molar refractivity (Wildman–Crippen MR) is 115 cm³/mol. The fourth-order valence-corrected chi connectivity index (χ4v) is 3.61. The first-order chi connectivity index (χ1) is 14.9. The number of amides is 1. The van der Waals surface area contributed by atoms with Crippen molar-refractivity contribution in [3.05, 3.63) is 83.1 Å². The Morgan fingerprint density at radius 2 is 1.77 bits per heavy atom. The van der Waals surface area contributed by atoms with E-state index in [1.165, 1.54) is 4.90 Å². The van der Waals surface area contributed by atoms with Crippen molar-refractivity contribution in [2.45, 2.75) is 32.9 Å². The van der Waals surface area contributed by atoms with Gasteiger partial charge in [0.1, 0.15) is 17.3 Å². The van der Waals surface area contributed by atoms with Crippen molar-refractivity contribution in [3.63, 3.8) is 0 Å². The first kappa shape index (κ1) is 20.4. The van der Waals surface area contributed by atoms with Gasteiger partial charge in [-0.2, -0.15) is 0 Å². The summed E-state index contributed by atoms with van der Waals surface area (Å²) in [4.78, 5) is 27.2. The average Bonchev–Trinajstić information content (AvgIpc) is 3.29. The van der Waals surface area contributed by atoms with E-state index in [1.54, 1.807) is 49.4 Å². The quantitative estimate of drug-likeness (QED) is 0.375. The molecule has 1 amide bonds. The van der Waals surface area contributed by atoms with E-state index >= 15 is 0 Å². The summed E-state index contributed by atoms with van der Waals surface area (Å²) in [6.45, 7) is 5.53. The first-order valence-corrected chi connectivity index (χ1v) is 9.93. The molecule has 0 unspecified atom stereocenters. The van der Waals surface area contributed by atoms with Gasteiger partial charge in [-0.05, 0) is 50.6 Å². The Hall–Kier alpha value is -3.87. The second kappa shape index (κ2) is 8.10. The Morgan fingerprint density at radius 3 is 2.35 bits per heavy atom. The van der Waals surface area contributed by atoms with Crippen LogP contribution in [0, 0.1) is 6.92 Å². The Kier molecular flexibility index (Phi) is 5.33. The van der Waals surface area contributed by atoms with Crippen LogP contribution >= 0.6 is 0 Å². The number of aryl methyl sites for hydroxylation is 1. The number of anilines is 1. The monoisotopic (exact) mass is 418 g/mol. The molecule has 2 heterocycles. The molecule has 7 heteroatoms. The van der Waals surface area contributed by atoms with E-state index in [1.807, 2.05) is 32.0 Å². The van der Waals surface area contributed by atoms with Gasteiger partial charge in [-0.3, -0.25) is 14.5 Å². The van der Waals surface area contributed by atoms with E-state index in [-0.39, 0.29) is 23.3 Å². The van der Waals surface area contributed by atoms with Crippen LogP contribution in [-0.4, -0.2) is 28.1 Å². The minimum absolute atomic E-state index is 0.00520. The molecule has 0 spiro atoms. The molecule has 1 aliphatic heterocycles. The Morgan fingerprint density at radius 1 is 1.10 bits per heavy atom. The van der Waals surface area contributed by atoms with Crippen LogP contribution in [0.1, 0.15) is 36.8 Å². The van der Waals surface area contributed by atoms with Crippen molar-refractivity contribution in [2.24, 2.45) is 0 Å². The fraction of sp³-hybridized carbons (Fsp3) is 0.208. The Bertz CT molecular complexity index is 1150. The van der Waals surface area contributed by atoms with E-state index in [4.69, 9.17) is 9.26 Å². The molecular weight excluding hydrogens is 396 g/mol. The SMILES string of the molecule is Cc1cc(N2C(=O)C(=O)/C(=C(/O)c3ccc(OC(C)C)cc3)[C@H]2c2ccccc2)no1. The van der Waals surface area contributed by atoms with E-state index < -0.39 is 17.7 Å². The molecule has 0 aliphatic carbocycles. The van der Waals surface area contributed by atoms with Gasteiger partial charge in [0.2, 0.25) is 0 Å². The van der Waals surface area contributed by atoms with Gasteiger partial charge in [-0.1, -0.05) is 35.5 Å². The van der Waals surface area contributed by atoms with Crippen molar-refractivity contribution >= 4 is 23.3 Å². The highest BCUT2D eigenvalue weighted by Gasteiger charge is 2.48. The van der Waals surface area contributed by atoms with Crippen molar-refractivity contribution < 1.29 is 24.0 Å². The molecule has 31 heavy (non-hydrogen) atoms. The van der Waals surface area contributed by atoms with Gasteiger partial charge in [-0.25, -0.2) is 0 Å². The van der Waals surface area contributed by atoms with Crippen molar-refractivity contribution in [2.75, 3.05) is 4.90 Å². The van der Waals surface area contributed by atoms with E-state index in [0.717, 1.165) is 0 Å². The number of carbonyl (C=O) groups is 2. The minimum atomic E-state index is -0.836. The number of hydrogen-bond acceptors (Lipinski definition) is 6. The number of benzene rings is 2. The van der Waals surface area contributed by atoms with Gasteiger partial charge in [-0.15, -0.1) is 0 Å². The zero-order valence-electron chi connectivity index (χ0n) is 17.4. The fourth-order valence-electron chi connectivity index (χ4n) is 3.61. The van der Waals surface area contributed by atoms with Crippen LogP contribution in [0.25, 0.3) is 5.76 Å². The van der Waals surface area contributed by atoms with E-state index in [0.29, 0.717) is 22.6 Å². The molecule has 3 aromatic rings. The maximum absolute atomic E-state index is 13.0. The Labute approximate surface area is 179 Å². The predicted octanol–water partition coefficient (Wildman–Crippen LogP) is 4.40. The second-order valence-electron chi connectivity index (χ2n) is 7.57. The third kappa shape index (κ3) is 3.82. The summed E-state index contributed by atoms with van der Waals surface area (Å²) in [5.41, 5.74) is 1.07. The number of hydrogen-bond donors (Lipinski definition) is 1. The zero-order chi connectivity index (χ0) is 22.1. The number of aliphatic hydroxyl groups excluding tert-OH is 1. The molecule has 158 valence electrons. The molecule has 7 nitrogen and oxygen atoms in total. The van der Waals surface area contributed by atoms with Crippen molar-refractivity contribution in [1.82, 2.24) is 5.16 Å². The first-order valence-electron chi connectivity index (χ1n) is 9.93. The standard InChI is InChI=1S/C24H22N2O5/c1-14(2)30-18-11-9-17(10-12-18)22(27)20-21(16-7-5-4-6-8-16)26(24(29)23(20)28)19-13-15(3)31-25-19/h4-14,21,27H,1-3H3/b22-20+/t21-/m1/s1. The molecule has 4 rings (SSSR count). The molecule has 1 aromatic heterocycles. The van der Waals surface area contributed by atoms with Gasteiger partial charge in [0.15, 0.2) is 5.82 Å². The molecule has 0 bridgehead atoms. The number of aromatic nitrogens is 1. The molecule has 1 aliphatic rings. The lowest BCUT2D eigenvalue weighted by Crippen LogP contribution is -2.29. The zero-order valence-corrected chi connectivity index (χ0v) is 17.4. The maximum atomic E-state index is 13.0. The lowest BCUT2D eigenvalue weighted by atomic mass is 9.95. The van der Waals surface area contributed by atoms with Gasteiger partial charge in [0, 0.05) is 11.6 Å². The highest BCUT2D eigenvalue weighted by molar-refractivity contribution is 6.51. The van der Waals surface area contributed by atoms with Gasteiger partial charge >= 0.3 is 5.91 Å². The maximum Gasteiger partial charge on any atom is 0.301 e. The normalized spacial score (nSPS) is 18.1. The van der Waals surface area contributed by atoms with Crippen molar-refractivity contribution in [1.29, 1.82) is 0 Å². The molecule has 1 saturated heterocycles. The smallest absolute Gasteiger partial charge is 0.301 e. The number of aliphatic hydroxyl groups is 1. The van der Waals surface area contributed by atoms with Crippen LogP contribution in [0.15, 0.2) is 70.8 Å². The van der Waals surface area contributed by atoms with Gasteiger partial charge in [0.25, 0.3) is 5.78 Å². The van der Waals surface area contributed by atoms with Gasteiger partial charge < -0.3 is 14.4 Å². The third-order valence-corrected chi connectivity index (χ3v) is 4.92. The number of Topliss-reactive ketones (excluding diaryl/α,β-unsaturated/α-hetero) is 1. The topological polar surface area (TPSA) is 92.9 Å². The number of ether oxygens (including phenoxy) is 1. The molecule has 1 atom stereocenters. The van der Waals surface area contributed by atoms with Crippen LogP contribution in [0.4, 0.5) is 5.82 Å². The molecule has 2 aromatic carbocycles. The number of nitrogens with zero attached hydrogens (tertiary/aromatic N) is 2. The van der Waals surface area contributed by atoms with Crippen LogP contribution in [0.2, 0.25) is 0 Å². The van der Waals surface area contributed by atoms with Gasteiger partial charge in [0.05, 0.1) is 17.7 Å². The highest BCUT2D eigenvalue weighted by Crippen LogP contribution is 2.41. The summed E-state index contributed by atoms with van der Waals surface area (Å²) in [5.74, 6) is -0.452. The number of rotatable bonds is 5.